The van der Waals surface area contributed by atoms with Crippen molar-refractivity contribution in [2.45, 2.75) is 19.1 Å². The number of nitrogens with two attached hydrogens (primary N) is 1. The first kappa shape index (κ1) is 9.23. The molecule has 0 heterocycles. The van der Waals surface area contributed by atoms with Crippen molar-refractivity contribution in [3.8, 4) is 0 Å². The van der Waals surface area contributed by atoms with Crippen LogP contribution in [0.4, 0.5) is 0 Å². The zero-order valence-corrected chi connectivity index (χ0v) is 7.57. The summed E-state index contributed by atoms with van der Waals surface area (Å²) in [5, 5.41) is 11.3. The summed E-state index contributed by atoms with van der Waals surface area (Å²) in [6.45, 7) is 2.03. The Balaban J connectivity index is 2.71. The van der Waals surface area contributed by atoms with Gasteiger partial charge in [-0.2, -0.15) is 0 Å². The highest BCUT2D eigenvalue weighted by molar-refractivity contribution is 5.18. The SMILES string of the molecule is C[NH2+][C@H](O)[C@@H](C)c1ccccc1. The first-order chi connectivity index (χ1) is 5.75. The number of hydrogen-bond donors (Lipinski definition) is 2. The number of benzene rings is 1. The van der Waals surface area contributed by atoms with E-state index in [1.807, 2.05) is 49.6 Å². The van der Waals surface area contributed by atoms with E-state index in [2.05, 4.69) is 0 Å². The molecule has 0 unspecified atom stereocenters. The molecule has 3 N–H and O–H groups in total. The molecule has 0 spiro atoms. The lowest BCUT2D eigenvalue weighted by Gasteiger charge is -2.14. The monoisotopic (exact) mass is 166 g/mol. The second kappa shape index (κ2) is 4.24. The van der Waals surface area contributed by atoms with Crippen LogP contribution in [0.5, 0.6) is 0 Å². The molecule has 2 nitrogen and oxygen atoms in total. The molecule has 66 valence electrons. The van der Waals surface area contributed by atoms with E-state index in [9.17, 15) is 5.11 Å². The highest BCUT2D eigenvalue weighted by atomic mass is 16.3. The number of likely N-dealkylation sites (N-methyl/N-ethyl adjacent to an activating group) is 1. The van der Waals surface area contributed by atoms with Crippen molar-refractivity contribution >= 4 is 0 Å². The average Bonchev–Trinajstić information content (AvgIpc) is 2.17. The topological polar surface area (TPSA) is 36.8 Å². The summed E-state index contributed by atoms with van der Waals surface area (Å²) in [4.78, 5) is 0. The molecule has 1 aromatic carbocycles. The Hall–Kier alpha value is -0.860. The van der Waals surface area contributed by atoms with Gasteiger partial charge in [0.05, 0.1) is 13.0 Å². The summed E-state index contributed by atoms with van der Waals surface area (Å²) >= 11 is 0. The van der Waals surface area contributed by atoms with E-state index in [1.54, 1.807) is 0 Å². The predicted octanol–water partition coefficient (Wildman–Crippen LogP) is 0.302. The molecule has 2 atom stereocenters. The minimum atomic E-state index is -0.340. The van der Waals surface area contributed by atoms with Gasteiger partial charge in [-0.3, -0.25) is 0 Å². The number of aliphatic hydroxyl groups is 1. The molecule has 0 aliphatic rings. The minimum Gasteiger partial charge on any atom is -0.344 e. The van der Waals surface area contributed by atoms with Crippen molar-refractivity contribution in [2.75, 3.05) is 7.05 Å². The molecule has 0 aromatic heterocycles. The molecule has 0 fully saturated rings. The lowest BCUT2D eigenvalue weighted by molar-refractivity contribution is -0.703. The maximum Gasteiger partial charge on any atom is 0.193 e. The average molecular weight is 166 g/mol. The van der Waals surface area contributed by atoms with E-state index < -0.39 is 0 Å². The summed E-state index contributed by atoms with van der Waals surface area (Å²) in [5.41, 5.74) is 1.18. The van der Waals surface area contributed by atoms with Gasteiger partial charge in [-0.1, -0.05) is 37.3 Å². The van der Waals surface area contributed by atoms with Crippen LogP contribution >= 0.6 is 0 Å². The van der Waals surface area contributed by atoms with Crippen LogP contribution in [-0.2, 0) is 0 Å². The van der Waals surface area contributed by atoms with Gasteiger partial charge in [-0.15, -0.1) is 0 Å². The van der Waals surface area contributed by atoms with Crippen LogP contribution in [0.15, 0.2) is 30.3 Å². The van der Waals surface area contributed by atoms with Gasteiger partial charge in [0.15, 0.2) is 6.23 Å². The van der Waals surface area contributed by atoms with Gasteiger partial charge in [0.1, 0.15) is 0 Å². The van der Waals surface area contributed by atoms with Crippen LogP contribution in [0.25, 0.3) is 0 Å². The number of hydrogen-bond acceptors (Lipinski definition) is 1. The fourth-order valence-corrected chi connectivity index (χ4v) is 1.24. The van der Waals surface area contributed by atoms with Gasteiger partial charge in [0.2, 0.25) is 0 Å². The summed E-state index contributed by atoms with van der Waals surface area (Å²) in [7, 11) is 1.88. The zero-order valence-electron chi connectivity index (χ0n) is 7.57. The maximum atomic E-state index is 9.52. The molecule has 2 heteroatoms. The van der Waals surface area contributed by atoms with E-state index in [0.29, 0.717) is 0 Å². The van der Waals surface area contributed by atoms with Crippen molar-refractivity contribution in [1.82, 2.24) is 0 Å². The van der Waals surface area contributed by atoms with Gasteiger partial charge >= 0.3 is 0 Å². The summed E-state index contributed by atoms with van der Waals surface area (Å²) < 4.78 is 0. The van der Waals surface area contributed by atoms with Crippen LogP contribution in [-0.4, -0.2) is 18.4 Å². The molecule has 0 radical (unpaired) electrons. The molecule has 12 heavy (non-hydrogen) atoms. The third-order valence-corrected chi connectivity index (χ3v) is 2.18. The van der Waals surface area contributed by atoms with Crippen molar-refractivity contribution in [3.63, 3.8) is 0 Å². The maximum absolute atomic E-state index is 9.52. The second-order valence-corrected chi connectivity index (χ2v) is 3.02. The Morgan fingerprint density at radius 1 is 1.25 bits per heavy atom. The molecular formula is C10H16NO+. The Labute approximate surface area is 73.2 Å². The predicted molar refractivity (Wildman–Crippen MR) is 48.7 cm³/mol. The van der Waals surface area contributed by atoms with Gasteiger partial charge < -0.3 is 10.4 Å². The first-order valence-corrected chi connectivity index (χ1v) is 4.28. The second-order valence-electron chi connectivity index (χ2n) is 3.02. The molecule has 0 aliphatic heterocycles. The molecule has 1 rings (SSSR count). The molecule has 0 amide bonds. The Morgan fingerprint density at radius 3 is 2.33 bits per heavy atom. The van der Waals surface area contributed by atoms with E-state index in [0.717, 1.165) is 0 Å². The fraction of sp³-hybridized carbons (Fsp3) is 0.400. The Kier molecular flexibility index (Phi) is 3.26. The van der Waals surface area contributed by atoms with Gasteiger partial charge in [0.25, 0.3) is 0 Å². The molecule has 0 bridgehead atoms. The smallest absolute Gasteiger partial charge is 0.193 e. The first-order valence-electron chi connectivity index (χ1n) is 4.28. The van der Waals surface area contributed by atoms with Crippen LogP contribution < -0.4 is 5.32 Å². The van der Waals surface area contributed by atoms with E-state index >= 15 is 0 Å². The van der Waals surface area contributed by atoms with Crippen molar-refractivity contribution < 1.29 is 10.4 Å². The van der Waals surface area contributed by atoms with Crippen molar-refractivity contribution in [1.29, 1.82) is 0 Å². The number of quaternary nitrogens is 1. The molecule has 0 saturated carbocycles. The standard InChI is InChI=1S/C10H15NO/c1-8(10(12)11-2)9-6-4-3-5-7-9/h3-8,10-12H,1-2H3/p+1/t8-,10+/m0/s1. The lowest BCUT2D eigenvalue weighted by Crippen LogP contribution is -2.87. The minimum absolute atomic E-state index is 0.191. The third kappa shape index (κ3) is 2.06. The normalized spacial score (nSPS) is 15.6. The summed E-state index contributed by atoms with van der Waals surface area (Å²) in [5.74, 6) is 0.191. The van der Waals surface area contributed by atoms with E-state index in [-0.39, 0.29) is 12.1 Å². The van der Waals surface area contributed by atoms with E-state index in [1.165, 1.54) is 5.56 Å². The third-order valence-electron chi connectivity index (χ3n) is 2.18. The molecular weight excluding hydrogens is 150 g/mol. The van der Waals surface area contributed by atoms with Crippen molar-refractivity contribution in [2.24, 2.45) is 0 Å². The van der Waals surface area contributed by atoms with Crippen LogP contribution in [0.1, 0.15) is 18.4 Å². The highest BCUT2D eigenvalue weighted by Gasteiger charge is 2.16. The molecule has 0 aliphatic carbocycles. The van der Waals surface area contributed by atoms with Crippen molar-refractivity contribution in [3.05, 3.63) is 35.9 Å². The van der Waals surface area contributed by atoms with Gasteiger partial charge in [-0.25, -0.2) is 0 Å². The molecule has 1 aromatic rings. The number of aliphatic hydroxyl groups excluding tert-OH is 1. The quantitative estimate of drug-likeness (QED) is 0.623. The Morgan fingerprint density at radius 2 is 1.83 bits per heavy atom. The van der Waals surface area contributed by atoms with Crippen LogP contribution in [0.3, 0.4) is 0 Å². The fourth-order valence-electron chi connectivity index (χ4n) is 1.24. The van der Waals surface area contributed by atoms with Gasteiger partial charge in [0, 0.05) is 0 Å². The Bertz CT molecular complexity index is 223. The van der Waals surface area contributed by atoms with E-state index in [4.69, 9.17) is 0 Å². The summed E-state index contributed by atoms with van der Waals surface area (Å²) in [6, 6.07) is 10.1. The molecule has 0 saturated heterocycles. The van der Waals surface area contributed by atoms with Crippen LogP contribution in [0, 0.1) is 0 Å². The zero-order chi connectivity index (χ0) is 8.97. The van der Waals surface area contributed by atoms with Crippen LogP contribution in [0.2, 0.25) is 0 Å². The largest absolute Gasteiger partial charge is 0.344 e. The number of rotatable bonds is 3. The van der Waals surface area contributed by atoms with Gasteiger partial charge in [-0.05, 0) is 5.56 Å². The summed E-state index contributed by atoms with van der Waals surface area (Å²) in [6.07, 6.45) is -0.340. The lowest BCUT2D eigenvalue weighted by atomic mass is 10.00. The highest BCUT2D eigenvalue weighted by Crippen LogP contribution is 2.14.